The van der Waals surface area contributed by atoms with Crippen molar-refractivity contribution in [2.75, 3.05) is 0 Å². The number of amides is 2. The molecule has 0 spiro atoms. The highest BCUT2D eigenvalue weighted by atomic mass is 32.1. The van der Waals surface area contributed by atoms with Crippen LogP contribution in [-0.2, 0) is 9.59 Å². The fourth-order valence-corrected chi connectivity index (χ4v) is 3.86. The Labute approximate surface area is 176 Å². The number of ketones is 1. The number of imide groups is 1. The van der Waals surface area contributed by atoms with E-state index in [0.717, 1.165) is 4.90 Å². The minimum absolute atomic E-state index is 0.000659. The zero-order chi connectivity index (χ0) is 21.7. The van der Waals surface area contributed by atoms with Crippen molar-refractivity contribution in [3.05, 3.63) is 75.4 Å². The van der Waals surface area contributed by atoms with Crippen molar-refractivity contribution in [2.45, 2.75) is 11.8 Å². The molecule has 2 amide bonds. The number of nitriles is 2. The number of rotatable bonds is 1. The van der Waals surface area contributed by atoms with Crippen LogP contribution in [0, 0.1) is 22.7 Å². The summed E-state index contributed by atoms with van der Waals surface area (Å²) in [6, 6.07) is 13.0. The first-order valence-corrected chi connectivity index (χ1v) is 9.17. The summed E-state index contributed by atoms with van der Waals surface area (Å²) in [5.41, 5.74) is 7.64. The van der Waals surface area contributed by atoms with E-state index in [1.54, 1.807) is 12.1 Å². The van der Waals surface area contributed by atoms with E-state index < -0.39 is 17.6 Å². The van der Waals surface area contributed by atoms with Crippen LogP contribution in [-0.4, -0.2) is 22.5 Å². The fraction of sp³-hybridized carbons (Fsp3) is 0.0455. The SMILES string of the molecule is CC(=O)N1C(=O)C2=C(N)c3cc(C#N)ccc3C(=O)C2=C1c1ccc(S)c(C#N)c1. The Morgan fingerprint density at radius 3 is 2.40 bits per heavy atom. The fourth-order valence-electron chi connectivity index (χ4n) is 3.67. The zero-order valence-electron chi connectivity index (χ0n) is 15.6. The minimum atomic E-state index is -0.722. The molecule has 1 aliphatic carbocycles. The van der Waals surface area contributed by atoms with E-state index in [4.69, 9.17) is 11.0 Å². The van der Waals surface area contributed by atoms with Crippen molar-refractivity contribution >= 4 is 41.6 Å². The summed E-state index contributed by atoms with van der Waals surface area (Å²) in [7, 11) is 0. The number of benzene rings is 2. The number of hydrogen-bond donors (Lipinski definition) is 2. The van der Waals surface area contributed by atoms with Gasteiger partial charge in [-0.2, -0.15) is 10.5 Å². The number of Topliss-reactive ketones (excluding diaryl/α,β-unsaturated/α-hetero) is 1. The van der Waals surface area contributed by atoms with Crippen molar-refractivity contribution in [1.82, 2.24) is 4.90 Å². The van der Waals surface area contributed by atoms with Gasteiger partial charge in [-0.25, -0.2) is 4.90 Å². The number of nitrogens with zero attached hydrogens (tertiary/aromatic N) is 3. The molecule has 144 valence electrons. The molecule has 0 aromatic heterocycles. The third-order valence-electron chi connectivity index (χ3n) is 5.01. The summed E-state index contributed by atoms with van der Waals surface area (Å²) in [6.45, 7) is 1.20. The van der Waals surface area contributed by atoms with E-state index in [0.29, 0.717) is 10.5 Å². The Balaban J connectivity index is 2.09. The van der Waals surface area contributed by atoms with Crippen LogP contribution in [0.5, 0.6) is 0 Å². The van der Waals surface area contributed by atoms with Gasteiger partial charge < -0.3 is 5.73 Å². The molecule has 0 radical (unpaired) electrons. The lowest BCUT2D eigenvalue weighted by Crippen LogP contribution is -2.31. The Morgan fingerprint density at radius 1 is 1.03 bits per heavy atom. The van der Waals surface area contributed by atoms with E-state index >= 15 is 0 Å². The van der Waals surface area contributed by atoms with Gasteiger partial charge >= 0.3 is 0 Å². The van der Waals surface area contributed by atoms with Crippen LogP contribution in [0.4, 0.5) is 0 Å². The molecular formula is C22H12N4O3S. The first-order chi connectivity index (χ1) is 14.3. The predicted octanol–water partition coefficient (Wildman–Crippen LogP) is 2.38. The second kappa shape index (κ2) is 6.73. The molecule has 7 nitrogen and oxygen atoms in total. The molecular weight excluding hydrogens is 400 g/mol. The minimum Gasteiger partial charge on any atom is -0.398 e. The van der Waals surface area contributed by atoms with Gasteiger partial charge in [0.15, 0.2) is 5.78 Å². The maximum absolute atomic E-state index is 13.4. The van der Waals surface area contributed by atoms with Crippen molar-refractivity contribution in [3.63, 3.8) is 0 Å². The number of hydrogen-bond acceptors (Lipinski definition) is 7. The van der Waals surface area contributed by atoms with Crippen LogP contribution in [0.25, 0.3) is 11.4 Å². The number of fused-ring (bicyclic) bond motifs is 2. The van der Waals surface area contributed by atoms with Crippen molar-refractivity contribution in [3.8, 4) is 12.1 Å². The van der Waals surface area contributed by atoms with E-state index in [1.165, 1.54) is 31.2 Å². The lowest BCUT2D eigenvalue weighted by molar-refractivity contribution is -0.136. The molecule has 4 rings (SSSR count). The summed E-state index contributed by atoms with van der Waals surface area (Å²) in [6.07, 6.45) is 0. The standard InChI is InChI=1S/C22H12N4O3S/c1-10(27)26-20(12-3-5-16(30)13(7-12)9-24)18-17(22(26)29)19(25)15-6-11(8-23)2-4-14(15)21(18)28/h2-7,30H,25H2,1H3. The van der Waals surface area contributed by atoms with Gasteiger partial charge in [0.05, 0.1) is 39.7 Å². The molecule has 2 aromatic carbocycles. The molecule has 0 bridgehead atoms. The molecule has 0 saturated heterocycles. The van der Waals surface area contributed by atoms with Crippen LogP contribution < -0.4 is 5.73 Å². The largest absolute Gasteiger partial charge is 0.398 e. The summed E-state index contributed by atoms with van der Waals surface area (Å²) in [5, 5.41) is 18.5. The van der Waals surface area contributed by atoms with Gasteiger partial charge in [0.1, 0.15) is 6.07 Å². The molecule has 0 unspecified atom stereocenters. The zero-order valence-corrected chi connectivity index (χ0v) is 16.4. The quantitative estimate of drug-likeness (QED) is 0.692. The van der Waals surface area contributed by atoms with Crippen molar-refractivity contribution in [1.29, 1.82) is 10.5 Å². The topological polar surface area (TPSA) is 128 Å². The highest BCUT2D eigenvalue weighted by molar-refractivity contribution is 7.80. The maximum Gasteiger partial charge on any atom is 0.268 e. The predicted molar refractivity (Wildman–Crippen MR) is 109 cm³/mol. The van der Waals surface area contributed by atoms with Gasteiger partial charge in [0.2, 0.25) is 5.91 Å². The lowest BCUT2D eigenvalue weighted by Gasteiger charge is -2.18. The lowest BCUT2D eigenvalue weighted by atomic mass is 9.83. The van der Waals surface area contributed by atoms with Gasteiger partial charge in [0.25, 0.3) is 5.91 Å². The van der Waals surface area contributed by atoms with Crippen molar-refractivity contribution < 1.29 is 14.4 Å². The van der Waals surface area contributed by atoms with Crippen LogP contribution in [0.1, 0.15) is 39.5 Å². The van der Waals surface area contributed by atoms with Gasteiger partial charge in [-0.05, 0) is 30.3 Å². The molecule has 0 fully saturated rings. The smallest absolute Gasteiger partial charge is 0.268 e. The van der Waals surface area contributed by atoms with E-state index in [2.05, 4.69) is 12.6 Å². The first-order valence-electron chi connectivity index (χ1n) is 8.72. The summed E-state index contributed by atoms with van der Waals surface area (Å²) < 4.78 is 0. The molecule has 0 atom stereocenters. The normalized spacial score (nSPS) is 15.0. The van der Waals surface area contributed by atoms with Crippen LogP contribution in [0.2, 0.25) is 0 Å². The number of carbonyl (C=O) groups is 3. The van der Waals surface area contributed by atoms with Gasteiger partial charge in [-0.3, -0.25) is 14.4 Å². The van der Waals surface area contributed by atoms with Gasteiger partial charge in [-0.1, -0.05) is 6.07 Å². The third-order valence-corrected chi connectivity index (χ3v) is 5.40. The molecule has 0 saturated carbocycles. The second-order valence-corrected chi connectivity index (χ2v) is 7.20. The summed E-state index contributed by atoms with van der Waals surface area (Å²) in [5.74, 6) is -1.81. The molecule has 2 aromatic rings. The molecule has 2 aliphatic rings. The highest BCUT2D eigenvalue weighted by Crippen LogP contribution is 2.44. The van der Waals surface area contributed by atoms with E-state index in [-0.39, 0.29) is 44.8 Å². The van der Waals surface area contributed by atoms with Crippen molar-refractivity contribution in [2.24, 2.45) is 5.73 Å². The average Bonchev–Trinajstić information content (AvgIpc) is 3.05. The van der Waals surface area contributed by atoms with Gasteiger partial charge in [0, 0.05) is 28.5 Å². The Morgan fingerprint density at radius 2 is 1.77 bits per heavy atom. The van der Waals surface area contributed by atoms with E-state index in [1.807, 2.05) is 12.1 Å². The third kappa shape index (κ3) is 2.55. The van der Waals surface area contributed by atoms with E-state index in [9.17, 15) is 19.6 Å². The average molecular weight is 412 g/mol. The second-order valence-electron chi connectivity index (χ2n) is 6.72. The summed E-state index contributed by atoms with van der Waals surface area (Å²) in [4.78, 5) is 40.2. The number of thiol groups is 1. The Bertz CT molecular complexity index is 1360. The highest BCUT2D eigenvalue weighted by Gasteiger charge is 2.45. The molecule has 2 N–H and O–H groups in total. The number of carbonyl (C=O) groups excluding carboxylic acids is 3. The van der Waals surface area contributed by atoms with Crippen LogP contribution in [0.3, 0.4) is 0 Å². The molecule has 1 heterocycles. The molecule has 1 aliphatic heterocycles. The maximum atomic E-state index is 13.4. The summed E-state index contributed by atoms with van der Waals surface area (Å²) >= 11 is 4.22. The molecule has 8 heteroatoms. The van der Waals surface area contributed by atoms with Crippen LogP contribution in [0.15, 0.2) is 52.4 Å². The molecule has 30 heavy (non-hydrogen) atoms. The van der Waals surface area contributed by atoms with Gasteiger partial charge in [-0.15, -0.1) is 12.6 Å². The Hall–Kier alpha value is -4.14. The van der Waals surface area contributed by atoms with Crippen LogP contribution >= 0.6 is 12.6 Å². The Kier molecular flexibility index (Phi) is 4.30. The first kappa shape index (κ1) is 19.2. The monoisotopic (exact) mass is 412 g/mol. The number of nitrogens with two attached hydrogens (primary N) is 1.